The number of carbonyl (C=O) groups excluding carboxylic acids is 1. The predicted molar refractivity (Wildman–Crippen MR) is 186 cm³/mol. The second-order valence-corrected chi connectivity index (χ2v) is 17.5. The van der Waals surface area contributed by atoms with Crippen molar-refractivity contribution in [1.29, 1.82) is 5.41 Å². The van der Waals surface area contributed by atoms with Crippen LogP contribution in [0.5, 0.6) is 5.75 Å². The number of rotatable bonds is 13. The van der Waals surface area contributed by atoms with Gasteiger partial charge >= 0.3 is 0 Å². The lowest BCUT2D eigenvalue weighted by Gasteiger charge is -2.20. The number of benzene rings is 4. The molecule has 0 saturated carbocycles. The van der Waals surface area contributed by atoms with Crippen LogP contribution < -0.4 is 10.8 Å². The van der Waals surface area contributed by atoms with E-state index in [4.69, 9.17) is 21.8 Å². The van der Waals surface area contributed by atoms with Crippen molar-refractivity contribution in [2.24, 2.45) is 0 Å². The number of alkyl halides is 1. The van der Waals surface area contributed by atoms with Gasteiger partial charge in [0.05, 0.1) is 27.8 Å². The SMILES string of the molecule is CCC(=O)Nc1c(-c2ccc(S(=O)(=O)O)c(NOC(=N)c3ccc(CS(=O)(=O)CCCl)cc3)c2)c(S(=O)(=O)O)cc2cc(S(=O)(=O)O)cc(O)c12. The Morgan fingerprint density at radius 3 is 2.02 bits per heavy atom. The molecule has 1 amide bonds. The van der Waals surface area contributed by atoms with Crippen molar-refractivity contribution in [1.82, 2.24) is 0 Å². The van der Waals surface area contributed by atoms with Crippen LogP contribution in [0.4, 0.5) is 11.4 Å². The lowest BCUT2D eigenvalue weighted by molar-refractivity contribution is -0.115. The van der Waals surface area contributed by atoms with Gasteiger partial charge in [-0.2, -0.15) is 25.3 Å². The van der Waals surface area contributed by atoms with Gasteiger partial charge in [-0.05, 0) is 52.9 Å². The van der Waals surface area contributed by atoms with Crippen molar-refractivity contribution >= 4 is 85.7 Å². The molecule has 0 aliphatic rings. The molecule has 4 aromatic carbocycles. The molecule has 4 aromatic rings. The maximum atomic E-state index is 12.7. The molecule has 7 N–H and O–H groups in total. The average Bonchev–Trinajstić information content (AvgIpc) is 3.01. The number of phenolic OH excluding ortho intramolecular Hbond substituents is 1. The molecule has 0 fully saturated rings. The van der Waals surface area contributed by atoms with Crippen LogP contribution in [0.3, 0.4) is 0 Å². The summed E-state index contributed by atoms with van der Waals surface area (Å²) in [4.78, 5) is 15.2. The molecule has 22 heteroatoms. The number of amides is 1. The average molecular weight is 806 g/mol. The number of fused-ring (bicyclic) bond motifs is 1. The molecular weight excluding hydrogens is 778 g/mol. The summed E-state index contributed by atoms with van der Waals surface area (Å²) in [6.07, 6.45) is -0.199. The zero-order chi connectivity index (χ0) is 38.1. The monoisotopic (exact) mass is 805 g/mol. The molecule has 4 rings (SSSR count). The number of sulfone groups is 1. The minimum Gasteiger partial charge on any atom is -0.507 e. The van der Waals surface area contributed by atoms with Crippen molar-refractivity contribution in [3.63, 3.8) is 0 Å². The van der Waals surface area contributed by atoms with Gasteiger partial charge < -0.3 is 15.3 Å². The van der Waals surface area contributed by atoms with Crippen LogP contribution in [0.15, 0.2) is 75.4 Å². The highest BCUT2D eigenvalue weighted by Crippen LogP contribution is 2.45. The minimum atomic E-state index is -5.27. The van der Waals surface area contributed by atoms with Crippen LogP contribution in [0.1, 0.15) is 24.5 Å². The number of phenols is 1. The third-order valence-corrected chi connectivity index (χ3v) is 11.7. The normalized spacial score (nSPS) is 12.4. The maximum Gasteiger partial charge on any atom is 0.296 e. The van der Waals surface area contributed by atoms with Crippen LogP contribution in [-0.2, 0) is 55.6 Å². The number of hydrogen-bond donors (Lipinski definition) is 7. The fraction of sp³-hybridized carbons (Fsp3) is 0.172. The highest BCUT2D eigenvalue weighted by molar-refractivity contribution is 7.90. The number of aromatic hydroxyl groups is 1. The largest absolute Gasteiger partial charge is 0.507 e. The van der Waals surface area contributed by atoms with E-state index in [0.29, 0.717) is 11.6 Å². The summed E-state index contributed by atoms with van der Waals surface area (Å²) in [7, 11) is -18.8. The molecular formula is C29H28ClN3O14S4. The smallest absolute Gasteiger partial charge is 0.296 e. The Kier molecular flexibility index (Phi) is 11.4. The molecule has 0 aliphatic heterocycles. The maximum absolute atomic E-state index is 12.7. The molecule has 274 valence electrons. The van der Waals surface area contributed by atoms with E-state index in [-0.39, 0.29) is 45.7 Å². The number of carbonyl (C=O) groups is 1. The fourth-order valence-corrected chi connectivity index (χ4v) is 8.51. The van der Waals surface area contributed by atoms with Crippen molar-refractivity contribution in [3.8, 4) is 16.9 Å². The number of hydrogen-bond acceptors (Lipinski definition) is 13. The predicted octanol–water partition coefficient (Wildman–Crippen LogP) is 3.82. The summed E-state index contributed by atoms with van der Waals surface area (Å²) in [6, 6.07) is 10.3. The molecule has 0 heterocycles. The van der Waals surface area contributed by atoms with Gasteiger partial charge in [-0.1, -0.05) is 25.1 Å². The first-order valence-electron chi connectivity index (χ1n) is 14.1. The highest BCUT2D eigenvalue weighted by atomic mass is 35.5. The molecule has 0 aliphatic carbocycles. The van der Waals surface area contributed by atoms with Crippen LogP contribution in [0.2, 0.25) is 0 Å². The topological polar surface area (TPSA) is 292 Å². The molecule has 0 saturated heterocycles. The Morgan fingerprint density at radius 1 is 0.843 bits per heavy atom. The van der Waals surface area contributed by atoms with Crippen molar-refractivity contribution in [3.05, 3.63) is 71.8 Å². The Bertz CT molecular complexity index is 2510. The van der Waals surface area contributed by atoms with Crippen LogP contribution in [-0.4, -0.2) is 75.9 Å². The number of halogens is 1. The summed E-state index contributed by atoms with van der Waals surface area (Å²) in [5.74, 6) is -2.90. The van der Waals surface area contributed by atoms with E-state index < -0.39 is 89.4 Å². The first kappa shape index (κ1) is 39.4. The second kappa shape index (κ2) is 14.7. The van der Waals surface area contributed by atoms with E-state index in [0.717, 1.165) is 30.3 Å². The van der Waals surface area contributed by atoms with E-state index >= 15 is 0 Å². The molecule has 51 heavy (non-hydrogen) atoms. The quantitative estimate of drug-likeness (QED) is 0.0332. The number of anilines is 2. The lowest BCUT2D eigenvalue weighted by atomic mass is 9.97. The molecule has 0 radical (unpaired) electrons. The minimum absolute atomic E-state index is 0.0815. The molecule has 0 spiro atoms. The zero-order valence-corrected chi connectivity index (χ0v) is 30.0. The van der Waals surface area contributed by atoms with Gasteiger partial charge in [-0.15, -0.1) is 11.6 Å². The van der Waals surface area contributed by atoms with Crippen molar-refractivity contribution < 1.29 is 62.1 Å². The van der Waals surface area contributed by atoms with Gasteiger partial charge in [0.25, 0.3) is 30.4 Å². The van der Waals surface area contributed by atoms with E-state index in [9.17, 15) is 57.2 Å². The summed E-state index contributed by atoms with van der Waals surface area (Å²) < 4.78 is 128. The van der Waals surface area contributed by atoms with E-state index in [1.807, 2.05) is 0 Å². The van der Waals surface area contributed by atoms with Crippen LogP contribution in [0, 0.1) is 5.41 Å². The van der Waals surface area contributed by atoms with Gasteiger partial charge in [-0.3, -0.25) is 23.9 Å². The van der Waals surface area contributed by atoms with Gasteiger partial charge in [0.1, 0.15) is 15.5 Å². The van der Waals surface area contributed by atoms with Gasteiger partial charge in [0, 0.05) is 34.9 Å². The van der Waals surface area contributed by atoms with Crippen molar-refractivity contribution in [2.45, 2.75) is 33.8 Å². The second-order valence-electron chi connectivity index (χ2n) is 10.7. The summed E-state index contributed by atoms with van der Waals surface area (Å²) in [6.45, 7) is 1.42. The molecule has 0 unspecified atom stereocenters. The first-order chi connectivity index (χ1) is 23.6. The molecule has 0 bridgehead atoms. The highest BCUT2D eigenvalue weighted by Gasteiger charge is 2.28. The Labute approximate surface area is 296 Å². The summed E-state index contributed by atoms with van der Waals surface area (Å²) in [5.41, 5.74) is 0.730. The van der Waals surface area contributed by atoms with E-state index in [2.05, 4.69) is 10.8 Å². The zero-order valence-electron chi connectivity index (χ0n) is 26.0. The summed E-state index contributed by atoms with van der Waals surface area (Å²) in [5, 5.41) is 20.8. The Morgan fingerprint density at radius 2 is 1.47 bits per heavy atom. The van der Waals surface area contributed by atoms with Gasteiger partial charge in [0.2, 0.25) is 11.8 Å². The van der Waals surface area contributed by atoms with Crippen molar-refractivity contribution in [2.75, 3.05) is 22.4 Å². The third kappa shape index (κ3) is 9.31. The Hall–Kier alpha value is -4.35. The van der Waals surface area contributed by atoms with E-state index in [1.165, 1.54) is 31.2 Å². The third-order valence-electron chi connectivity index (χ3n) is 7.12. The Balaban J connectivity index is 1.88. The van der Waals surface area contributed by atoms with E-state index in [1.54, 1.807) is 0 Å². The number of nitrogens with one attached hydrogen (secondary N) is 3. The van der Waals surface area contributed by atoms with Crippen LogP contribution in [0.25, 0.3) is 21.9 Å². The van der Waals surface area contributed by atoms with Crippen LogP contribution >= 0.6 is 11.6 Å². The molecule has 17 nitrogen and oxygen atoms in total. The lowest BCUT2D eigenvalue weighted by Crippen LogP contribution is -2.15. The fourth-order valence-electron chi connectivity index (χ4n) is 4.81. The standard InChI is InChI=1S/C29H28ClN3O14S4/c1-2-25(35)32-28-26-19(11-20(14-22(26)34)49(38,39)40)13-24(51(44,45)46)27(28)18-7-8-23(50(41,42)43)21(12-18)33-47-29(31)17-5-3-16(4-6-17)15-48(36,37)10-9-30/h3-8,11-14,31,33-34H,2,9-10,15H2,1H3,(H,32,35)(H,38,39,40)(H,41,42,43)(H,44,45,46). The van der Waals surface area contributed by atoms with Gasteiger partial charge in [-0.25, -0.2) is 13.9 Å². The molecule has 0 aromatic heterocycles. The molecule has 0 atom stereocenters. The first-order valence-corrected chi connectivity index (χ1v) is 20.8. The summed E-state index contributed by atoms with van der Waals surface area (Å²) >= 11 is 5.52. The van der Waals surface area contributed by atoms with Gasteiger partial charge in [0.15, 0.2) is 9.84 Å².